The first-order valence-electron chi connectivity index (χ1n) is 5.20. The summed E-state index contributed by atoms with van der Waals surface area (Å²) in [5.74, 6) is 0. The van der Waals surface area contributed by atoms with Crippen LogP contribution in [0.2, 0.25) is 10.0 Å². The summed E-state index contributed by atoms with van der Waals surface area (Å²) >= 11 is 12.1. The summed E-state index contributed by atoms with van der Waals surface area (Å²) in [6, 6.07) is 10.8. The van der Waals surface area contributed by atoms with Crippen LogP contribution < -0.4 is 5.73 Å². The number of benzene rings is 1. The minimum atomic E-state index is 0.228. The maximum atomic E-state index is 8.68. The molecule has 3 nitrogen and oxygen atoms in total. The van der Waals surface area contributed by atoms with Crippen LogP contribution in [0.25, 0.3) is 11.3 Å². The fourth-order valence-electron chi connectivity index (χ4n) is 1.59. The Morgan fingerprint density at radius 1 is 1.22 bits per heavy atom. The SMILES string of the molecule is N#CCc1ccc(N)c(-c2cccc(Cl)c2Cl)n1. The normalized spacial score (nSPS) is 10.1. The summed E-state index contributed by atoms with van der Waals surface area (Å²) in [5.41, 5.74) is 8.26. The van der Waals surface area contributed by atoms with Gasteiger partial charge in [-0.1, -0.05) is 35.3 Å². The van der Waals surface area contributed by atoms with E-state index >= 15 is 0 Å². The molecule has 2 aromatic rings. The van der Waals surface area contributed by atoms with E-state index in [9.17, 15) is 0 Å². The molecule has 0 unspecified atom stereocenters. The first kappa shape index (κ1) is 12.7. The zero-order valence-corrected chi connectivity index (χ0v) is 10.8. The smallest absolute Gasteiger partial charge is 0.0950 e. The molecule has 1 aromatic carbocycles. The van der Waals surface area contributed by atoms with Gasteiger partial charge >= 0.3 is 0 Å². The number of nitrogens with two attached hydrogens (primary N) is 1. The van der Waals surface area contributed by atoms with Gasteiger partial charge in [0.15, 0.2) is 0 Å². The fourth-order valence-corrected chi connectivity index (χ4v) is 1.98. The molecule has 0 spiro atoms. The van der Waals surface area contributed by atoms with Crippen molar-refractivity contribution in [1.29, 1.82) is 5.26 Å². The number of halogens is 2. The Kier molecular flexibility index (Phi) is 3.71. The largest absolute Gasteiger partial charge is 0.397 e. The Bertz CT molecular complexity index is 633. The highest BCUT2D eigenvalue weighted by Crippen LogP contribution is 2.35. The lowest BCUT2D eigenvalue weighted by atomic mass is 10.1. The number of rotatable bonds is 2. The van der Waals surface area contributed by atoms with Gasteiger partial charge in [-0.05, 0) is 18.2 Å². The second-order valence-electron chi connectivity index (χ2n) is 3.68. The van der Waals surface area contributed by atoms with Crippen molar-refractivity contribution in [1.82, 2.24) is 4.98 Å². The number of pyridine rings is 1. The lowest BCUT2D eigenvalue weighted by Crippen LogP contribution is -1.98. The molecule has 0 aliphatic heterocycles. The van der Waals surface area contributed by atoms with Gasteiger partial charge in [0.2, 0.25) is 0 Å². The van der Waals surface area contributed by atoms with Crippen molar-refractivity contribution < 1.29 is 0 Å². The third-order valence-corrected chi connectivity index (χ3v) is 3.27. The highest BCUT2D eigenvalue weighted by Gasteiger charge is 2.11. The van der Waals surface area contributed by atoms with E-state index < -0.39 is 0 Å². The van der Waals surface area contributed by atoms with Crippen LogP contribution in [-0.2, 0) is 6.42 Å². The van der Waals surface area contributed by atoms with Gasteiger partial charge in [-0.3, -0.25) is 0 Å². The zero-order valence-electron chi connectivity index (χ0n) is 9.32. The average molecular weight is 278 g/mol. The molecule has 1 aromatic heterocycles. The topological polar surface area (TPSA) is 62.7 Å². The standard InChI is InChI=1S/C13H9Cl2N3/c14-10-3-1-2-9(12(10)15)13-11(17)5-4-8(18-13)6-7-16/h1-5H,6,17H2. The van der Waals surface area contributed by atoms with E-state index in [1.807, 2.05) is 6.07 Å². The Balaban J connectivity index is 2.60. The summed E-state index contributed by atoms with van der Waals surface area (Å²) in [4.78, 5) is 4.34. The van der Waals surface area contributed by atoms with Crippen molar-refractivity contribution in [3.8, 4) is 17.3 Å². The van der Waals surface area contributed by atoms with E-state index in [-0.39, 0.29) is 6.42 Å². The summed E-state index contributed by atoms with van der Waals surface area (Å²) in [5, 5.41) is 9.54. The van der Waals surface area contributed by atoms with E-state index in [2.05, 4.69) is 4.98 Å². The number of aromatic nitrogens is 1. The predicted octanol–water partition coefficient (Wildman–Crippen LogP) is 3.70. The van der Waals surface area contributed by atoms with Crippen LogP contribution in [0.1, 0.15) is 5.69 Å². The zero-order chi connectivity index (χ0) is 13.1. The molecule has 90 valence electrons. The molecule has 18 heavy (non-hydrogen) atoms. The Morgan fingerprint density at radius 3 is 2.72 bits per heavy atom. The molecule has 0 amide bonds. The number of hydrogen-bond donors (Lipinski definition) is 1. The monoisotopic (exact) mass is 277 g/mol. The van der Waals surface area contributed by atoms with Gasteiger partial charge in [0.25, 0.3) is 0 Å². The van der Waals surface area contributed by atoms with Crippen molar-refractivity contribution >= 4 is 28.9 Å². The molecule has 2 N–H and O–H groups in total. The van der Waals surface area contributed by atoms with Crippen molar-refractivity contribution in [2.75, 3.05) is 5.73 Å². The molecule has 2 rings (SSSR count). The molecular formula is C13H9Cl2N3. The van der Waals surface area contributed by atoms with Crippen molar-refractivity contribution in [2.45, 2.75) is 6.42 Å². The van der Waals surface area contributed by atoms with Gasteiger partial charge in [0, 0.05) is 5.56 Å². The van der Waals surface area contributed by atoms with Crippen LogP contribution in [-0.4, -0.2) is 4.98 Å². The first-order valence-corrected chi connectivity index (χ1v) is 5.96. The van der Waals surface area contributed by atoms with E-state index in [1.54, 1.807) is 30.3 Å². The Morgan fingerprint density at radius 2 is 2.00 bits per heavy atom. The number of nitriles is 1. The van der Waals surface area contributed by atoms with Crippen LogP contribution in [0, 0.1) is 11.3 Å². The predicted molar refractivity (Wildman–Crippen MR) is 73.4 cm³/mol. The number of hydrogen-bond acceptors (Lipinski definition) is 3. The molecular weight excluding hydrogens is 269 g/mol. The third-order valence-electron chi connectivity index (χ3n) is 2.45. The lowest BCUT2D eigenvalue weighted by Gasteiger charge is -2.09. The molecule has 0 atom stereocenters. The molecule has 0 fully saturated rings. The molecule has 5 heteroatoms. The number of nitrogens with zero attached hydrogens (tertiary/aromatic N) is 2. The van der Waals surface area contributed by atoms with Gasteiger partial charge in [0.1, 0.15) is 0 Å². The summed E-state index contributed by atoms with van der Waals surface area (Å²) in [7, 11) is 0. The Labute approximate surface area is 115 Å². The van der Waals surface area contributed by atoms with Gasteiger partial charge < -0.3 is 5.73 Å². The quantitative estimate of drug-likeness (QED) is 0.910. The molecule has 0 aliphatic rings. The first-order chi connectivity index (χ1) is 8.63. The fraction of sp³-hybridized carbons (Fsp3) is 0.0769. The maximum absolute atomic E-state index is 8.68. The summed E-state index contributed by atoms with van der Waals surface area (Å²) < 4.78 is 0. The van der Waals surface area contributed by atoms with Crippen molar-refractivity contribution in [3.05, 3.63) is 46.1 Å². The molecule has 0 radical (unpaired) electrons. The molecule has 0 bridgehead atoms. The van der Waals surface area contributed by atoms with Crippen LogP contribution in [0.3, 0.4) is 0 Å². The maximum Gasteiger partial charge on any atom is 0.0950 e. The number of nitrogen functional groups attached to an aromatic ring is 1. The molecule has 1 heterocycles. The van der Waals surface area contributed by atoms with Gasteiger partial charge in [0.05, 0.1) is 39.6 Å². The summed E-state index contributed by atoms with van der Waals surface area (Å²) in [6.07, 6.45) is 0.228. The Hall–Kier alpha value is -1.76. The van der Waals surface area contributed by atoms with Crippen LogP contribution in [0.4, 0.5) is 5.69 Å². The van der Waals surface area contributed by atoms with E-state index in [0.717, 1.165) is 0 Å². The minimum absolute atomic E-state index is 0.228. The van der Waals surface area contributed by atoms with Gasteiger partial charge in [-0.2, -0.15) is 5.26 Å². The average Bonchev–Trinajstić information content (AvgIpc) is 2.36. The van der Waals surface area contributed by atoms with Gasteiger partial charge in [-0.15, -0.1) is 0 Å². The molecule has 0 aliphatic carbocycles. The van der Waals surface area contributed by atoms with Gasteiger partial charge in [-0.25, -0.2) is 4.98 Å². The minimum Gasteiger partial charge on any atom is -0.397 e. The highest BCUT2D eigenvalue weighted by molar-refractivity contribution is 6.43. The second-order valence-corrected chi connectivity index (χ2v) is 4.46. The van der Waals surface area contributed by atoms with Crippen LogP contribution in [0.15, 0.2) is 30.3 Å². The van der Waals surface area contributed by atoms with Crippen molar-refractivity contribution in [3.63, 3.8) is 0 Å². The highest BCUT2D eigenvalue weighted by atomic mass is 35.5. The van der Waals surface area contributed by atoms with E-state index in [4.69, 9.17) is 34.2 Å². The lowest BCUT2D eigenvalue weighted by molar-refractivity contribution is 1.12. The van der Waals surface area contributed by atoms with Crippen LogP contribution in [0.5, 0.6) is 0 Å². The van der Waals surface area contributed by atoms with Crippen molar-refractivity contribution in [2.24, 2.45) is 0 Å². The van der Waals surface area contributed by atoms with Crippen LogP contribution >= 0.6 is 23.2 Å². The third kappa shape index (κ3) is 2.40. The van der Waals surface area contributed by atoms with E-state index in [0.29, 0.717) is 32.7 Å². The summed E-state index contributed by atoms with van der Waals surface area (Å²) in [6.45, 7) is 0. The van der Waals surface area contributed by atoms with E-state index in [1.165, 1.54) is 0 Å². The second kappa shape index (κ2) is 5.26. The number of anilines is 1. The molecule has 0 saturated heterocycles. The molecule has 0 saturated carbocycles.